The molecule has 20 heavy (non-hydrogen) atoms. The molecule has 0 bridgehead atoms. The van der Waals surface area contributed by atoms with Gasteiger partial charge in [0.25, 0.3) is 0 Å². The van der Waals surface area contributed by atoms with Gasteiger partial charge < -0.3 is 4.74 Å². The zero-order valence-electron chi connectivity index (χ0n) is 11.9. The van der Waals surface area contributed by atoms with Crippen molar-refractivity contribution in [3.63, 3.8) is 0 Å². The number of rotatable bonds is 4. The third-order valence-corrected chi connectivity index (χ3v) is 3.78. The average Bonchev–Trinajstić information content (AvgIpc) is 2.41. The van der Waals surface area contributed by atoms with E-state index in [2.05, 4.69) is 15.9 Å². The van der Waals surface area contributed by atoms with Crippen LogP contribution in [-0.4, -0.2) is 12.9 Å². The molecule has 0 saturated carbocycles. The third kappa shape index (κ3) is 3.28. The lowest BCUT2D eigenvalue weighted by atomic mass is 9.97. The molecule has 0 radical (unpaired) electrons. The minimum absolute atomic E-state index is 0.114. The number of Topliss-reactive ketones (excluding diaryl/α,β-unsaturated/α-hetero) is 1. The van der Waals surface area contributed by atoms with Crippen molar-refractivity contribution in [3.8, 4) is 5.75 Å². The van der Waals surface area contributed by atoms with Crippen LogP contribution in [0, 0.1) is 13.8 Å². The second-order valence-corrected chi connectivity index (χ2v) is 5.79. The summed E-state index contributed by atoms with van der Waals surface area (Å²) in [5.74, 6) is 0.856. The highest BCUT2D eigenvalue weighted by molar-refractivity contribution is 9.10. The number of ketones is 1. The number of hydrogen-bond donors (Lipinski definition) is 0. The van der Waals surface area contributed by atoms with Crippen molar-refractivity contribution < 1.29 is 9.53 Å². The Morgan fingerprint density at radius 2 is 1.90 bits per heavy atom. The average molecular weight is 333 g/mol. The van der Waals surface area contributed by atoms with E-state index in [1.165, 1.54) is 0 Å². The molecule has 0 aromatic heterocycles. The highest BCUT2D eigenvalue weighted by Crippen LogP contribution is 2.25. The normalized spacial score (nSPS) is 10.4. The number of benzene rings is 2. The number of hydrogen-bond acceptors (Lipinski definition) is 2. The number of carbonyl (C=O) groups excluding carboxylic acids is 1. The Morgan fingerprint density at radius 1 is 1.15 bits per heavy atom. The number of aryl methyl sites for hydroxylation is 2. The van der Waals surface area contributed by atoms with E-state index in [4.69, 9.17) is 4.74 Å². The van der Waals surface area contributed by atoms with Gasteiger partial charge in [-0.25, -0.2) is 0 Å². The highest BCUT2D eigenvalue weighted by atomic mass is 79.9. The van der Waals surface area contributed by atoms with E-state index in [-0.39, 0.29) is 5.78 Å². The zero-order valence-corrected chi connectivity index (χ0v) is 13.5. The molecule has 0 aliphatic heterocycles. The molecule has 0 aliphatic carbocycles. The van der Waals surface area contributed by atoms with Crippen LogP contribution in [0.3, 0.4) is 0 Å². The molecule has 0 amide bonds. The summed E-state index contributed by atoms with van der Waals surface area (Å²) in [5.41, 5.74) is 3.79. The van der Waals surface area contributed by atoms with Crippen molar-refractivity contribution in [1.82, 2.24) is 0 Å². The Kier molecular flexibility index (Phi) is 4.61. The molecule has 0 aliphatic rings. The Hall–Kier alpha value is -1.61. The molecular weight excluding hydrogens is 316 g/mol. The molecule has 2 aromatic carbocycles. The van der Waals surface area contributed by atoms with Crippen LogP contribution in [0.4, 0.5) is 0 Å². The van der Waals surface area contributed by atoms with Gasteiger partial charge in [-0.2, -0.15) is 0 Å². The molecule has 0 heterocycles. The van der Waals surface area contributed by atoms with Crippen LogP contribution in [0.5, 0.6) is 5.75 Å². The summed E-state index contributed by atoms with van der Waals surface area (Å²) in [5, 5.41) is 0. The largest absolute Gasteiger partial charge is 0.496 e. The van der Waals surface area contributed by atoms with Crippen LogP contribution in [0.1, 0.15) is 27.0 Å². The van der Waals surface area contributed by atoms with Gasteiger partial charge >= 0.3 is 0 Å². The molecule has 2 rings (SSSR count). The van der Waals surface area contributed by atoms with Gasteiger partial charge in [0.1, 0.15) is 5.75 Å². The highest BCUT2D eigenvalue weighted by Gasteiger charge is 2.13. The van der Waals surface area contributed by atoms with Gasteiger partial charge in [0.2, 0.25) is 0 Å². The Labute approximate surface area is 127 Å². The second-order valence-electron chi connectivity index (χ2n) is 4.87. The first-order chi connectivity index (χ1) is 9.51. The van der Waals surface area contributed by atoms with Crippen molar-refractivity contribution in [2.45, 2.75) is 20.3 Å². The lowest BCUT2D eigenvalue weighted by molar-refractivity contribution is 0.0991. The first-order valence-electron chi connectivity index (χ1n) is 6.44. The molecule has 0 unspecified atom stereocenters. The van der Waals surface area contributed by atoms with E-state index in [1.807, 2.05) is 50.2 Å². The minimum atomic E-state index is 0.114. The molecule has 2 aromatic rings. The summed E-state index contributed by atoms with van der Waals surface area (Å²) in [6.07, 6.45) is 0.340. The molecular formula is C17H17BrO2. The summed E-state index contributed by atoms with van der Waals surface area (Å²) < 4.78 is 6.26. The SMILES string of the molecule is COc1ccc(Br)cc1CC(=O)c1cc(C)ccc1C. The van der Waals surface area contributed by atoms with Crippen LogP contribution in [0.25, 0.3) is 0 Å². The van der Waals surface area contributed by atoms with Crippen molar-refractivity contribution >= 4 is 21.7 Å². The quantitative estimate of drug-likeness (QED) is 0.770. The Bertz CT molecular complexity index is 647. The smallest absolute Gasteiger partial charge is 0.167 e. The minimum Gasteiger partial charge on any atom is -0.496 e. The number of halogens is 1. The topological polar surface area (TPSA) is 26.3 Å². The van der Waals surface area contributed by atoms with Gasteiger partial charge in [0, 0.05) is 22.0 Å². The lowest BCUT2D eigenvalue weighted by Crippen LogP contribution is -2.07. The van der Waals surface area contributed by atoms with E-state index in [0.29, 0.717) is 6.42 Å². The Morgan fingerprint density at radius 3 is 2.60 bits per heavy atom. The van der Waals surface area contributed by atoms with Crippen molar-refractivity contribution in [1.29, 1.82) is 0 Å². The third-order valence-electron chi connectivity index (χ3n) is 3.29. The summed E-state index contributed by atoms with van der Waals surface area (Å²) >= 11 is 3.43. The van der Waals surface area contributed by atoms with Gasteiger partial charge in [-0.05, 0) is 43.7 Å². The summed E-state index contributed by atoms with van der Waals surface area (Å²) in [4.78, 5) is 12.5. The van der Waals surface area contributed by atoms with E-state index >= 15 is 0 Å². The maximum Gasteiger partial charge on any atom is 0.167 e. The number of methoxy groups -OCH3 is 1. The van der Waals surface area contributed by atoms with Gasteiger partial charge in [0.05, 0.1) is 7.11 Å². The lowest BCUT2D eigenvalue weighted by Gasteiger charge is -2.10. The predicted octanol–water partition coefficient (Wildman–Crippen LogP) is 4.50. The summed E-state index contributed by atoms with van der Waals surface area (Å²) in [6, 6.07) is 11.7. The van der Waals surface area contributed by atoms with Crippen LogP contribution in [0.15, 0.2) is 40.9 Å². The van der Waals surface area contributed by atoms with E-state index in [1.54, 1.807) is 7.11 Å². The maximum absolute atomic E-state index is 12.5. The maximum atomic E-state index is 12.5. The zero-order chi connectivity index (χ0) is 14.7. The molecule has 0 fully saturated rings. The molecule has 0 atom stereocenters. The second kappa shape index (κ2) is 6.23. The van der Waals surface area contributed by atoms with Crippen LogP contribution < -0.4 is 4.74 Å². The van der Waals surface area contributed by atoms with Crippen molar-refractivity contribution in [2.75, 3.05) is 7.11 Å². The number of ether oxygens (including phenoxy) is 1. The standard InChI is InChI=1S/C17H17BrO2/c1-11-4-5-12(2)15(8-11)16(19)10-13-9-14(18)6-7-17(13)20-3/h4-9H,10H2,1-3H3. The van der Waals surface area contributed by atoms with Gasteiger partial charge in [-0.1, -0.05) is 33.6 Å². The van der Waals surface area contributed by atoms with Crippen LogP contribution in [0.2, 0.25) is 0 Å². The van der Waals surface area contributed by atoms with Crippen LogP contribution in [-0.2, 0) is 6.42 Å². The first-order valence-corrected chi connectivity index (χ1v) is 7.23. The van der Waals surface area contributed by atoms with E-state index in [0.717, 1.165) is 32.5 Å². The fraction of sp³-hybridized carbons (Fsp3) is 0.235. The van der Waals surface area contributed by atoms with E-state index < -0.39 is 0 Å². The molecule has 104 valence electrons. The van der Waals surface area contributed by atoms with Gasteiger partial charge in [-0.3, -0.25) is 4.79 Å². The first kappa shape index (κ1) is 14.8. The molecule has 0 saturated heterocycles. The Balaban J connectivity index is 2.32. The molecule has 2 nitrogen and oxygen atoms in total. The molecule has 0 spiro atoms. The van der Waals surface area contributed by atoms with Crippen molar-refractivity contribution in [2.24, 2.45) is 0 Å². The number of carbonyl (C=O) groups is 1. The molecule has 0 N–H and O–H groups in total. The van der Waals surface area contributed by atoms with Crippen LogP contribution >= 0.6 is 15.9 Å². The van der Waals surface area contributed by atoms with Gasteiger partial charge in [-0.15, -0.1) is 0 Å². The van der Waals surface area contributed by atoms with E-state index in [9.17, 15) is 4.79 Å². The fourth-order valence-corrected chi connectivity index (χ4v) is 2.60. The fourth-order valence-electron chi connectivity index (χ4n) is 2.19. The summed E-state index contributed by atoms with van der Waals surface area (Å²) in [6.45, 7) is 3.96. The predicted molar refractivity (Wildman–Crippen MR) is 84.6 cm³/mol. The van der Waals surface area contributed by atoms with Crippen molar-refractivity contribution in [3.05, 3.63) is 63.1 Å². The summed E-state index contributed by atoms with van der Waals surface area (Å²) in [7, 11) is 1.62. The molecule has 3 heteroatoms. The van der Waals surface area contributed by atoms with Gasteiger partial charge in [0.15, 0.2) is 5.78 Å². The monoisotopic (exact) mass is 332 g/mol.